The Hall–Kier alpha value is -1.14. The second kappa shape index (κ2) is 10.4. The van der Waals surface area contributed by atoms with Crippen LogP contribution in [0.1, 0.15) is 75.8 Å². The van der Waals surface area contributed by atoms with Crippen molar-refractivity contribution in [1.29, 1.82) is 5.26 Å². The summed E-state index contributed by atoms with van der Waals surface area (Å²) < 4.78 is 13.7. The Morgan fingerprint density at radius 2 is 1.74 bits per heavy atom. The highest BCUT2D eigenvalue weighted by molar-refractivity contribution is 6.58. The van der Waals surface area contributed by atoms with E-state index >= 15 is 0 Å². The molecule has 2 aliphatic rings. The van der Waals surface area contributed by atoms with Gasteiger partial charge >= 0.3 is 0 Å². The Morgan fingerprint density at radius 3 is 2.37 bits per heavy atom. The van der Waals surface area contributed by atoms with Crippen molar-refractivity contribution in [2.24, 2.45) is 17.8 Å². The van der Waals surface area contributed by atoms with E-state index in [1.807, 2.05) is 12.1 Å². The van der Waals surface area contributed by atoms with Gasteiger partial charge in [0.2, 0.25) is 0 Å². The molecule has 2 fully saturated rings. The van der Waals surface area contributed by atoms with Gasteiger partial charge in [0.25, 0.3) is 0 Å². The molecule has 0 amide bonds. The summed E-state index contributed by atoms with van der Waals surface area (Å²) in [5, 5.41) is 8.80. The molecule has 27 heavy (non-hydrogen) atoms. The van der Waals surface area contributed by atoms with Crippen molar-refractivity contribution in [2.45, 2.75) is 89.3 Å². The van der Waals surface area contributed by atoms with Crippen LogP contribution in [0.3, 0.4) is 0 Å². The van der Waals surface area contributed by atoms with E-state index < -0.39 is 0 Å². The molecule has 0 N–H and O–H groups in total. The van der Waals surface area contributed by atoms with Crippen LogP contribution >= 0.6 is 0 Å². The first-order chi connectivity index (χ1) is 13.2. The van der Waals surface area contributed by atoms with E-state index in [1.54, 1.807) is 37.1 Å². The fraction of sp³-hybridized carbons (Fsp3) is 0.708. The van der Waals surface area contributed by atoms with Crippen molar-refractivity contribution in [3.8, 4) is 6.07 Å². The van der Waals surface area contributed by atoms with Gasteiger partial charge in [0.05, 0.1) is 5.56 Å². The molecule has 3 heteroatoms. The average molecular weight is 386 g/mol. The second-order valence-electron chi connectivity index (χ2n) is 9.14. The predicted octanol–water partition coefficient (Wildman–Crippen LogP) is 6.87. The molecule has 1 saturated carbocycles. The zero-order valence-corrected chi connectivity index (χ0v) is 18.2. The van der Waals surface area contributed by atoms with E-state index in [4.69, 9.17) is 5.26 Å². The van der Waals surface area contributed by atoms with Gasteiger partial charge in [-0.1, -0.05) is 69.6 Å². The SMILES string of the molecule is CC[Si@H]1CC[C@H]([C@H]2CC[C@H](CCCCc3ccc(C#N)c(F)c3)CC2)CC1. The van der Waals surface area contributed by atoms with Gasteiger partial charge in [0.15, 0.2) is 0 Å². The van der Waals surface area contributed by atoms with Crippen molar-refractivity contribution < 1.29 is 4.39 Å². The molecule has 0 atom stereocenters. The van der Waals surface area contributed by atoms with Crippen LogP contribution in [-0.2, 0) is 6.42 Å². The zero-order valence-electron chi connectivity index (χ0n) is 17.1. The van der Waals surface area contributed by atoms with E-state index in [1.165, 1.54) is 44.6 Å². The molecule has 0 spiro atoms. The van der Waals surface area contributed by atoms with Crippen LogP contribution in [0.25, 0.3) is 0 Å². The largest absolute Gasteiger partial charge is 0.206 e. The second-order valence-corrected chi connectivity index (χ2v) is 12.8. The van der Waals surface area contributed by atoms with Gasteiger partial charge < -0.3 is 0 Å². The van der Waals surface area contributed by atoms with Gasteiger partial charge in [0.1, 0.15) is 11.9 Å². The van der Waals surface area contributed by atoms with Gasteiger partial charge in [-0.3, -0.25) is 0 Å². The van der Waals surface area contributed by atoms with Crippen LogP contribution in [0.2, 0.25) is 18.1 Å². The van der Waals surface area contributed by atoms with Crippen molar-refractivity contribution in [2.75, 3.05) is 0 Å². The number of hydrogen-bond acceptors (Lipinski definition) is 1. The number of halogens is 1. The van der Waals surface area contributed by atoms with Gasteiger partial charge in [-0.25, -0.2) is 4.39 Å². The zero-order chi connectivity index (χ0) is 19.1. The summed E-state index contributed by atoms with van der Waals surface area (Å²) in [6.07, 6.45) is 13.6. The lowest BCUT2D eigenvalue weighted by atomic mass is 9.73. The van der Waals surface area contributed by atoms with Crippen LogP contribution in [-0.4, -0.2) is 8.80 Å². The van der Waals surface area contributed by atoms with Crippen molar-refractivity contribution >= 4 is 8.80 Å². The van der Waals surface area contributed by atoms with E-state index in [-0.39, 0.29) is 20.2 Å². The monoisotopic (exact) mass is 385 g/mol. The molecular weight excluding hydrogens is 349 g/mol. The molecule has 1 nitrogen and oxygen atoms in total. The minimum absolute atomic E-state index is 0.154. The minimum atomic E-state index is -0.371. The summed E-state index contributed by atoms with van der Waals surface area (Å²) in [7, 11) is -0.303. The van der Waals surface area contributed by atoms with E-state index in [0.717, 1.165) is 36.2 Å². The van der Waals surface area contributed by atoms with Crippen LogP contribution in [0.5, 0.6) is 0 Å². The summed E-state index contributed by atoms with van der Waals surface area (Å²) in [4.78, 5) is 0. The third-order valence-electron chi connectivity index (χ3n) is 7.51. The van der Waals surface area contributed by atoms with Crippen molar-refractivity contribution in [1.82, 2.24) is 0 Å². The lowest BCUT2D eigenvalue weighted by molar-refractivity contribution is 0.184. The normalized spacial score (nSPS) is 28.6. The Balaban J connectivity index is 1.31. The van der Waals surface area contributed by atoms with Gasteiger partial charge in [-0.15, -0.1) is 0 Å². The standard InChI is InChI=1S/C24H36FNSi/c1-2-27-15-13-22(14-16-27)21-10-7-19(8-11-21)5-3-4-6-20-9-12-23(18-26)24(25)17-20/h9,12,17,19,21-22,27H,2-8,10-11,13-16H2,1H3/t19-,21-,22-,27-. The molecule has 3 rings (SSSR count). The molecular formula is C24H36FNSi. The maximum absolute atomic E-state index is 13.7. The smallest absolute Gasteiger partial charge is 0.141 e. The number of nitrogens with zero attached hydrogens (tertiary/aromatic N) is 1. The van der Waals surface area contributed by atoms with E-state index in [9.17, 15) is 4.39 Å². The van der Waals surface area contributed by atoms with Crippen LogP contribution in [0.15, 0.2) is 18.2 Å². The first kappa shape index (κ1) is 20.6. The van der Waals surface area contributed by atoms with E-state index in [0.29, 0.717) is 0 Å². The van der Waals surface area contributed by atoms with Crippen molar-refractivity contribution in [3.05, 3.63) is 35.1 Å². The highest BCUT2D eigenvalue weighted by Gasteiger charge is 2.30. The van der Waals surface area contributed by atoms with Crippen molar-refractivity contribution in [3.63, 3.8) is 0 Å². The molecule has 1 heterocycles. The molecule has 1 saturated heterocycles. The lowest BCUT2D eigenvalue weighted by Crippen LogP contribution is -2.28. The predicted molar refractivity (Wildman–Crippen MR) is 114 cm³/mol. The van der Waals surface area contributed by atoms with Gasteiger partial charge in [0, 0.05) is 8.80 Å². The average Bonchev–Trinajstić information content (AvgIpc) is 2.72. The number of unbranched alkanes of at least 4 members (excludes halogenated alkanes) is 1. The molecule has 0 aromatic heterocycles. The molecule has 1 aromatic carbocycles. The molecule has 0 unspecified atom stereocenters. The van der Waals surface area contributed by atoms with Gasteiger partial charge in [-0.2, -0.15) is 5.26 Å². The number of rotatable bonds is 7. The summed E-state index contributed by atoms with van der Waals surface area (Å²) in [5.74, 6) is 2.66. The summed E-state index contributed by atoms with van der Waals surface area (Å²) >= 11 is 0. The maximum Gasteiger partial charge on any atom is 0.141 e. The Morgan fingerprint density at radius 1 is 1.04 bits per heavy atom. The molecule has 148 valence electrons. The highest BCUT2D eigenvalue weighted by Crippen LogP contribution is 2.41. The maximum atomic E-state index is 13.7. The minimum Gasteiger partial charge on any atom is -0.206 e. The molecule has 0 radical (unpaired) electrons. The van der Waals surface area contributed by atoms with Crippen LogP contribution in [0.4, 0.5) is 4.39 Å². The Bertz CT molecular complexity index is 622. The molecule has 0 bridgehead atoms. The summed E-state index contributed by atoms with van der Waals surface area (Å²) in [6, 6.07) is 11.7. The first-order valence-electron chi connectivity index (χ1n) is 11.4. The lowest BCUT2D eigenvalue weighted by Gasteiger charge is -2.37. The van der Waals surface area contributed by atoms with Crippen LogP contribution in [0, 0.1) is 34.9 Å². The van der Waals surface area contributed by atoms with Crippen LogP contribution < -0.4 is 0 Å². The van der Waals surface area contributed by atoms with Gasteiger partial charge in [-0.05, 0) is 61.1 Å². The first-order valence-corrected chi connectivity index (χ1v) is 13.8. The van der Waals surface area contributed by atoms with E-state index in [2.05, 4.69) is 6.92 Å². The summed E-state index contributed by atoms with van der Waals surface area (Å²) in [5.41, 5.74) is 1.18. The molecule has 1 aromatic rings. The fourth-order valence-electron chi connectivity index (χ4n) is 5.58. The Kier molecular flexibility index (Phi) is 7.94. The quantitative estimate of drug-likeness (QED) is 0.371. The topological polar surface area (TPSA) is 23.8 Å². The molecule has 1 aliphatic carbocycles. The summed E-state index contributed by atoms with van der Waals surface area (Å²) in [6.45, 7) is 2.42. The third-order valence-corrected chi connectivity index (χ3v) is 11.0. The Labute approximate surface area is 167 Å². The third kappa shape index (κ3) is 5.91. The number of hydrogen-bond donors (Lipinski definition) is 0. The molecule has 1 aliphatic heterocycles. The highest BCUT2D eigenvalue weighted by atomic mass is 28.3. The number of benzene rings is 1. The number of aryl methyl sites for hydroxylation is 1. The fourth-order valence-corrected chi connectivity index (χ4v) is 8.49. The number of nitriles is 1.